The Hall–Kier alpha value is -3.02. The predicted molar refractivity (Wildman–Crippen MR) is 96.2 cm³/mol. The molecule has 0 bridgehead atoms. The number of benzene rings is 2. The molecule has 1 atom stereocenters. The summed E-state index contributed by atoms with van der Waals surface area (Å²) in [4.78, 5) is 37.2. The van der Waals surface area contributed by atoms with Crippen LogP contribution in [0.1, 0.15) is 52.4 Å². The summed E-state index contributed by atoms with van der Waals surface area (Å²) < 4.78 is 13.8. The lowest BCUT2D eigenvalue weighted by Gasteiger charge is -2.16. The average Bonchev–Trinajstić information content (AvgIpc) is 3.21. The fourth-order valence-corrected chi connectivity index (χ4v) is 3.74. The van der Waals surface area contributed by atoms with Gasteiger partial charge in [-0.05, 0) is 47.7 Å². The number of amides is 3. The molecule has 1 N–H and O–H groups in total. The van der Waals surface area contributed by atoms with E-state index in [1.807, 2.05) is 6.07 Å². The first kappa shape index (κ1) is 17.4. The summed E-state index contributed by atoms with van der Waals surface area (Å²) in [6.07, 6.45) is 1.83. The maximum Gasteiger partial charge on any atom is 0.251 e. The van der Waals surface area contributed by atoms with Gasteiger partial charge in [-0.2, -0.15) is 0 Å². The van der Waals surface area contributed by atoms with Gasteiger partial charge in [0.25, 0.3) is 5.91 Å². The van der Waals surface area contributed by atoms with Crippen LogP contribution in [-0.4, -0.2) is 22.6 Å². The Morgan fingerprint density at radius 2 is 1.74 bits per heavy atom. The average molecular weight is 366 g/mol. The van der Waals surface area contributed by atoms with Crippen molar-refractivity contribution >= 4 is 17.7 Å². The van der Waals surface area contributed by atoms with E-state index in [-0.39, 0.29) is 49.0 Å². The van der Waals surface area contributed by atoms with E-state index in [4.69, 9.17) is 0 Å². The van der Waals surface area contributed by atoms with Crippen LogP contribution in [0.15, 0.2) is 42.5 Å². The molecule has 0 spiro atoms. The number of likely N-dealkylation sites (tertiary alicyclic amines) is 1. The molecule has 0 aromatic heterocycles. The summed E-state index contributed by atoms with van der Waals surface area (Å²) in [7, 11) is 0. The van der Waals surface area contributed by atoms with E-state index in [1.54, 1.807) is 30.3 Å². The molecule has 2 aromatic rings. The Balaban J connectivity index is 1.43. The largest absolute Gasteiger partial charge is 0.345 e. The Morgan fingerprint density at radius 3 is 2.44 bits per heavy atom. The molecule has 1 fully saturated rings. The second-order valence-corrected chi connectivity index (χ2v) is 6.94. The van der Waals surface area contributed by atoms with E-state index in [0.29, 0.717) is 24.0 Å². The van der Waals surface area contributed by atoms with Crippen LogP contribution in [0.4, 0.5) is 4.39 Å². The van der Waals surface area contributed by atoms with Crippen LogP contribution in [0.3, 0.4) is 0 Å². The molecule has 4 rings (SSSR count). The van der Waals surface area contributed by atoms with Crippen molar-refractivity contribution in [2.75, 3.05) is 0 Å². The van der Waals surface area contributed by atoms with Crippen molar-refractivity contribution in [3.8, 4) is 0 Å². The number of nitrogens with zero attached hydrogens (tertiary/aromatic N) is 1. The van der Waals surface area contributed by atoms with Crippen LogP contribution in [0, 0.1) is 5.82 Å². The van der Waals surface area contributed by atoms with Crippen molar-refractivity contribution in [3.05, 3.63) is 70.5 Å². The predicted octanol–water partition coefficient (Wildman–Crippen LogP) is 2.89. The van der Waals surface area contributed by atoms with E-state index in [2.05, 4.69) is 5.32 Å². The molecule has 1 saturated heterocycles. The van der Waals surface area contributed by atoms with E-state index in [1.165, 1.54) is 11.0 Å². The zero-order chi connectivity index (χ0) is 19.0. The minimum atomic E-state index is -0.225. The Morgan fingerprint density at radius 1 is 1.04 bits per heavy atom. The summed E-state index contributed by atoms with van der Waals surface area (Å²) in [6, 6.07) is 11.6. The Kier molecular flexibility index (Phi) is 4.48. The first-order chi connectivity index (χ1) is 13.0. The third-order valence-corrected chi connectivity index (χ3v) is 5.23. The number of hydrogen-bond donors (Lipinski definition) is 1. The summed E-state index contributed by atoms with van der Waals surface area (Å²) in [5.41, 5.74) is 2.80. The van der Waals surface area contributed by atoms with Gasteiger partial charge in [0.1, 0.15) is 5.82 Å². The van der Waals surface area contributed by atoms with Crippen LogP contribution in [0.25, 0.3) is 0 Å². The zero-order valence-corrected chi connectivity index (χ0v) is 14.7. The van der Waals surface area contributed by atoms with Gasteiger partial charge in [0.15, 0.2) is 0 Å². The van der Waals surface area contributed by atoms with Gasteiger partial charge in [0.05, 0.1) is 12.6 Å². The molecule has 138 valence electrons. The summed E-state index contributed by atoms with van der Waals surface area (Å²) >= 11 is 0. The molecular formula is C21H19FN2O3. The molecule has 5 nitrogen and oxygen atoms in total. The van der Waals surface area contributed by atoms with Crippen molar-refractivity contribution in [2.24, 2.45) is 0 Å². The molecule has 1 aliphatic carbocycles. The minimum absolute atomic E-state index is 0.158. The molecular weight excluding hydrogens is 347 g/mol. The molecule has 0 radical (unpaired) electrons. The molecule has 1 aliphatic heterocycles. The van der Waals surface area contributed by atoms with Crippen LogP contribution < -0.4 is 5.32 Å². The molecule has 2 aliphatic rings. The Labute approximate surface area is 156 Å². The van der Waals surface area contributed by atoms with Crippen LogP contribution in [0.5, 0.6) is 0 Å². The molecule has 3 amide bonds. The molecule has 2 aromatic carbocycles. The normalized spacial score (nSPS) is 18.7. The van der Waals surface area contributed by atoms with Gasteiger partial charge in [-0.1, -0.05) is 24.3 Å². The number of fused-ring (bicyclic) bond motifs is 1. The second-order valence-electron chi connectivity index (χ2n) is 6.94. The molecule has 1 heterocycles. The number of rotatable bonds is 4. The zero-order valence-electron chi connectivity index (χ0n) is 14.7. The van der Waals surface area contributed by atoms with Crippen molar-refractivity contribution in [1.82, 2.24) is 10.2 Å². The fourth-order valence-electron chi connectivity index (χ4n) is 3.74. The highest BCUT2D eigenvalue weighted by Crippen LogP contribution is 2.32. The lowest BCUT2D eigenvalue weighted by molar-refractivity contribution is -0.139. The van der Waals surface area contributed by atoms with Gasteiger partial charge >= 0.3 is 0 Å². The molecule has 27 heavy (non-hydrogen) atoms. The SMILES string of the molecule is O=C(NC1CCc2c(F)cccc21)c1ccc(CN2C(=O)CCC2=O)cc1. The van der Waals surface area contributed by atoms with Crippen LogP contribution in [0.2, 0.25) is 0 Å². The van der Waals surface area contributed by atoms with Gasteiger partial charge in [0, 0.05) is 18.4 Å². The number of imide groups is 1. The lowest BCUT2D eigenvalue weighted by Crippen LogP contribution is -2.28. The van der Waals surface area contributed by atoms with Crippen molar-refractivity contribution in [1.29, 1.82) is 0 Å². The van der Waals surface area contributed by atoms with E-state index >= 15 is 0 Å². The first-order valence-corrected chi connectivity index (χ1v) is 9.03. The monoisotopic (exact) mass is 366 g/mol. The van der Waals surface area contributed by atoms with Crippen molar-refractivity contribution in [2.45, 2.75) is 38.3 Å². The highest BCUT2D eigenvalue weighted by molar-refractivity contribution is 6.01. The third-order valence-electron chi connectivity index (χ3n) is 5.23. The van der Waals surface area contributed by atoms with Crippen LogP contribution >= 0.6 is 0 Å². The number of carbonyl (C=O) groups excluding carboxylic acids is 3. The highest BCUT2D eigenvalue weighted by Gasteiger charge is 2.29. The van der Waals surface area contributed by atoms with Gasteiger partial charge in [-0.3, -0.25) is 19.3 Å². The van der Waals surface area contributed by atoms with Crippen molar-refractivity contribution < 1.29 is 18.8 Å². The minimum Gasteiger partial charge on any atom is -0.345 e. The molecule has 6 heteroatoms. The smallest absolute Gasteiger partial charge is 0.251 e. The topological polar surface area (TPSA) is 66.5 Å². The van der Waals surface area contributed by atoms with Crippen molar-refractivity contribution in [3.63, 3.8) is 0 Å². The standard InChI is InChI=1S/C21H19FN2O3/c22-17-3-1-2-16-15(17)8-9-18(16)23-21(27)14-6-4-13(5-7-14)12-24-19(25)10-11-20(24)26/h1-7,18H,8-12H2,(H,23,27). The summed E-state index contributed by atoms with van der Waals surface area (Å²) in [5, 5.41) is 2.96. The molecule has 1 unspecified atom stereocenters. The first-order valence-electron chi connectivity index (χ1n) is 9.03. The van der Waals surface area contributed by atoms with Gasteiger partial charge in [0.2, 0.25) is 11.8 Å². The lowest BCUT2D eigenvalue weighted by atomic mass is 10.1. The quantitative estimate of drug-likeness (QED) is 0.846. The number of halogens is 1. The number of nitrogens with one attached hydrogen (secondary N) is 1. The van der Waals surface area contributed by atoms with E-state index in [0.717, 1.165) is 11.1 Å². The van der Waals surface area contributed by atoms with Crippen LogP contribution in [-0.2, 0) is 22.6 Å². The Bertz CT molecular complexity index is 908. The second kappa shape index (κ2) is 6.95. The van der Waals surface area contributed by atoms with E-state index in [9.17, 15) is 18.8 Å². The molecule has 0 saturated carbocycles. The number of hydrogen-bond acceptors (Lipinski definition) is 3. The maximum atomic E-state index is 13.8. The number of carbonyl (C=O) groups is 3. The highest BCUT2D eigenvalue weighted by atomic mass is 19.1. The van der Waals surface area contributed by atoms with Gasteiger partial charge in [-0.15, -0.1) is 0 Å². The van der Waals surface area contributed by atoms with Gasteiger partial charge < -0.3 is 5.32 Å². The van der Waals surface area contributed by atoms with E-state index < -0.39 is 0 Å². The fraction of sp³-hybridized carbons (Fsp3) is 0.286. The third kappa shape index (κ3) is 3.35. The maximum absolute atomic E-state index is 13.8. The summed E-state index contributed by atoms with van der Waals surface area (Å²) in [6.45, 7) is 0.231. The van der Waals surface area contributed by atoms with Gasteiger partial charge in [-0.25, -0.2) is 4.39 Å². The summed E-state index contributed by atoms with van der Waals surface area (Å²) in [5.74, 6) is -0.764.